The Labute approximate surface area is 218 Å². The Kier molecular flexibility index (Phi) is 10.2. The third kappa shape index (κ3) is 7.61. The van der Waals surface area contributed by atoms with Gasteiger partial charge in [-0.3, -0.25) is 9.10 Å². The summed E-state index contributed by atoms with van der Waals surface area (Å²) in [6.07, 6.45) is 0. The molecule has 3 aromatic carbocycles. The molecular weight excluding hydrogens is 496 g/mol. The molecular formula is C27H32N2O7S. The molecule has 198 valence electrons. The number of carbonyl (C=O) groups excluding carboxylic acids is 1. The first-order chi connectivity index (χ1) is 17.9. The number of hydrogen-bond donors (Lipinski definition) is 1. The summed E-state index contributed by atoms with van der Waals surface area (Å²) in [5.41, 5.74) is 1.34. The number of benzene rings is 3. The van der Waals surface area contributed by atoms with Crippen LogP contribution in [0, 0.1) is 0 Å². The van der Waals surface area contributed by atoms with Crippen LogP contribution in [-0.2, 0) is 26.2 Å². The van der Waals surface area contributed by atoms with E-state index in [9.17, 15) is 13.2 Å². The summed E-state index contributed by atoms with van der Waals surface area (Å²) in [6, 6.07) is 20.5. The van der Waals surface area contributed by atoms with E-state index in [0.717, 1.165) is 9.87 Å². The van der Waals surface area contributed by atoms with Crippen molar-refractivity contribution < 1.29 is 32.2 Å². The number of methoxy groups -OCH3 is 2. The minimum atomic E-state index is -4.14. The Morgan fingerprint density at radius 2 is 1.62 bits per heavy atom. The number of amides is 1. The zero-order valence-electron chi connectivity index (χ0n) is 21.2. The van der Waals surface area contributed by atoms with Gasteiger partial charge in [-0.15, -0.1) is 0 Å². The predicted molar refractivity (Wildman–Crippen MR) is 141 cm³/mol. The Balaban J connectivity index is 1.75. The molecule has 0 bridgehead atoms. The van der Waals surface area contributed by atoms with Gasteiger partial charge in [0.05, 0.1) is 44.6 Å². The fraction of sp³-hybridized carbons (Fsp3) is 0.296. The van der Waals surface area contributed by atoms with Crippen molar-refractivity contribution in [3.8, 4) is 17.2 Å². The molecule has 0 fully saturated rings. The van der Waals surface area contributed by atoms with Crippen LogP contribution in [0.15, 0.2) is 77.7 Å². The summed E-state index contributed by atoms with van der Waals surface area (Å²) in [7, 11) is -1.25. The molecule has 3 rings (SSSR count). The number of nitrogens with one attached hydrogen (secondary N) is 1. The van der Waals surface area contributed by atoms with Crippen molar-refractivity contribution in [2.45, 2.75) is 18.4 Å². The van der Waals surface area contributed by atoms with E-state index in [4.69, 9.17) is 18.9 Å². The molecule has 0 saturated heterocycles. The first-order valence-electron chi connectivity index (χ1n) is 11.7. The third-order valence-corrected chi connectivity index (χ3v) is 7.12. The highest BCUT2D eigenvalue weighted by Crippen LogP contribution is 2.32. The molecule has 0 aliphatic heterocycles. The normalized spacial score (nSPS) is 11.0. The van der Waals surface area contributed by atoms with Gasteiger partial charge < -0.3 is 24.3 Å². The van der Waals surface area contributed by atoms with Gasteiger partial charge in [0.1, 0.15) is 12.3 Å². The average Bonchev–Trinajstić information content (AvgIpc) is 2.92. The van der Waals surface area contributed by atoms with Crippen LogP contribution in [0.2, 0.25) is 0 Å². The fourth-order valence-corrected chi connectivity index (χ4v) is 4.94. The van der Waals surface area contributed by atoms with Crippen molar-refractivity contribution >= 4 is 21.6 Å². The van der Waals surface area contributed by atoms with Crippen LogP contribution >= 0.6 is 0 Å². The fourth-order valence-electron chi connectivity index (χ4n) is 3.51. The Morgan fingerprint density at radius 3 is 2.27 bits per heavy atom. The first-order valence-corrected chi connectivity index (χ1v) is 13.2. The molecule has 3 aromatic rings. The molecule has 0 saturated carbocycles. The first kappa shape index (κ1) is 27.8. The Morgan fingerprint density at radius 1 is 0.919 bits per heavy atom. The van der Waals surface area contributed by atoms with Gasteiger partial charge in [0.15, 0.2) is 11.5 Å². The highest BCUT2D eigenvalue weighted by molar-refractivity contribution is 7.92. The molecule has 9 nitrogen and oxygen atoms in total. The summed E-state index contributed by atoms with van der Waals surface area (Å²) < 4.78 is 49.9. The highest BCUT2D eigenvalue weighted by atomic mass is 32.2. The van der Waals surface area contributed by atoms with Crippen LogP contribution in [0.3, 0.4) is 0 Å². The topological polar surface area (TPSA) is 103 Å². The van der Waals surface area contributed by atoms with E-state index in [2.05, 4.69) is 5.32 Å². The summed E-state index contributed by atoms with van der Waals surface area (Å²) >= 11 is 0. The van der Waals surface area contributed by atoms with E-state index in [1.807, 2.05) is 37.3 Å². The van der Waals surface area contributed by atoms with Gasteiger partial charge in [-0.2, -0.15) is 0 Å². The molecule has 1 amide bonds. The molecule has 0 radical (unpaired) electrons. The monoisotopic (exact) mass is 528 g/mol. The smallest absolute Gasteiger partial charge is 0.264 e. The van der Waals surface area contributed by atoms with Crippen molar-refractivity contribution in [1.82, 2.24) is 5.32 Å². The molecule has 0 unspecified atom stereocenters. The average molecular weight is 529 g/mol. The van der Waals surface area contributed by atoms with Gasteiger partial charge in [-0.05, 0) is 48.9 Å². The lowest BCUT2D eigenvalue weighted by Crippen LogP contribution is -2.41. The zero-order valence-corrected chi connectivity index (χ0v) is 22.0. The molecule has 0 spiro atoms. The number of nitrogens with zero attached hydrogens (tertiary/aromatic N) is 1. The summed E-state index contributed by atoms with van der Waals surface area (Å²) in [5.74, 6) is 0.772. The van der Waals surface area contributed by atoms with Gasteiger partial charge in [0, 0.05) is 12.6 Å². The number of ether oxygens (including phenoxy) is 4. The molecule has 0 aliphatic carbocycles. The lowest BCUT2D eigenvalue weighted by molar-refractivity contribution is -0.119. The van der Waals surface area contributed by atoms with Crippen LogP contribution in [0.4, 0.5) is 5.69 Å². The highest BCUT2D eigenvalue weighted by Gasteiger charge is 2.28. The minimum Gasteiger partial charge on any atom is -0.494 e. The summed E-state index contributed by atoms with van der Waals surface area (Å²) in [4.78, 5) is 12.7. The Hall–Kier alpha value is -3.76. The maximum Gasteiger partial charge on any atom is 0.264 e. The second-order valence-corrected chi connectivity index (χ2v) is 9.71. The SMILES string of the molecule is CCOc1ccc(N(CC(=O)NCCOCc2ccccc2)S(=O)(=O)c2ccc(OC)c(OC)c2)cc1. The molecule has 0 aromatic heterocycles. The number of rotatable bonds is 14. The van der Waals surface area contributed by atoms with E-state index >= 15 is 0 Å². The zero-order chi connectivity index (χ0) is 26.7. The van der Waals surface area contributed by atoms with Gasteiger partial charge in [0.25, 0.3) is 10.0 Å². The summed E-state index contributed by atoms with van der Waals surface area (Å²) in [6.45, 7) is 2.84. The van der Waals surface area contributed by atoms with Gasteiger partial charge >= 0.3 is 0 Å². The van der Waals surface area contributed by atoms with Crippen LogP contribution in [0.1, 0.15) is 12.5 Å². The molecule has 0 heterocycles. The second-order valence-electron chi connectivity index (χ2n) is 7.84. The number of sulfonamides is 1. The van der Waals surface area contributed by atoms with Gasteiger partial charge in [-0.25, -0.2) is 8.42 Å². The number of carbonyl (C=O) groups is 1. The molecule has 0 aliphatic rings. The van der Waals surface area contributed by atoms with Crippen molar-refractivity contribution in [3.63, 3.8) is 0 Å². The van der Waals surface area contributed by atoms with Crippen molar-refractivity contribution in [1.29, 1.82) is 0 Å². The predicted octanol–water partition coefficient (Wildman–Crippen LogP) is 3.63. The number of anilines is 1. The van der Waals surface area contributed by atoms with E-state index < -0.39 is 22.5 Å². The van der Waals surface area contributed by atoms with Crippen LogP contribution < -0.4 is 23.8 Å². The lowest BCUT2D eigenvalue weighted by Gasteiger charge is -2.24. The van der Waals surface area contributed by atoms with Crippen LogP contribution in [0.5, 0.6) is 17.2 Å². The largest absolute Gasteiger partial charge is 0.494 e. The Bertz CT molecular complexity index is 1250. The van der Waals surface area contributed by atoms with E-state index in [1.54, 1.807) is 24.3 Å². The maximum absolute atomic E-state index is 13.7. The maximum atomic E-state index is 13.7. The molecule has 37 heavy (non-hydrogen) atoms. The van der Waals surface area contributed by atoms with Crippen molar-refractivity contribution in [2.24, 2.45) is 0 Å². The van der Waals surface area contributed by atoms with Crippen molar-refractivity contribution in [2.75, 3.05) is 44.8 Å². The molecule has 1 N–H and O–H groups in total. The van der Waals surface area contributed by atoms with Crippen LogP contribution in [-0.4, -0.2) is 54.8 Å². The summed E-state index contributed by atoms with van der Waals surface area (Å²) in [5, 5.41) is 2.73. The molecule has 0 atom stereocenters. The quantitative estimate of drug-likeness (QED) is 0.319. The van der Waals surface area contributed by atoms with Gasteiger partial charge in [-0.1, -0.05) is 30.3 Å². The third-order valence-electron chi connectivity index (χ3n) is 5.35. The second kappa shape index (κ2) is 13.5. The standard InChI is InChI=1S/C27H32N2O7S/c1-4-36-23-12-10-22(11-13-23)29(37(31,32)24-14-15-25(33-2)26(18-24)34-3)19-27(30)28-16-17-35-20-21-8-6-5-7-9-21/h5-15,18H,4,16-17,19-20H2,1-3H3,(H,28,30). The van der Waals surface area contributed by atoms with Crippen LogP contribution in [0.25, 0.3) is 0 Å². The van der Waals surface area contributed by atoms with E-state index in [0.29, 0.717) is 30.4 Å². The van der Waals surface area contributed by atoms with E-state index in [-0.39, 0.29) is 23.8 Å². The lowest BCUT2D eigenvalue weighted by atomic mass is 10.2. The minimum absolute atomic E-state index is 0.0435. The van der Waals surface area contributed by atoms with Crippen molar-refractivity contribution in [3.05, 3.63) is 78.4 Å². The molecule has 10 heteroatoms. The van der Waals surface area contributed by atoms with E-state index in [1.165, 1.54) is 32.4 Å². The number of hydrogen-bond acceptors (Lipinski definition) is 7. The van der Waals surface area contributed by atoms with Gasteiger partial charge in [0.2, 0.25) is 5.91 Å².